The summed E-state index contributed by atoms with van der Waals surface area (Å²) in [6, 6.07) is 8.61. The lowest BCUT2D eigenvalue weighted by atomic mass is 9.82. The Bertz CT molecular complexity index is 1060. The molecular formula is C27H39N3O6S. The Hall–Kier alpha value is -2.53. The van der Waals surface area contributed by atoms with Gasteiger partial charge in [0.25, 0.3) is 5.91 Å². The summed E-state index contributed by atoms with van der Waals surface area (Å²) in [6.45, 7) is 5.32. The normalized spacial score (nSPS) is 18.9. The number of nitrogens with zero attached hydrogens (tertiary/aromatic N) is 2. The van der Waals surface area contributed by atoms with Crippen LogP contribution < -0.4 is 10.2 Å². The van der Waals surface area contributed by atoms with Crippen molar-refractivity contribution < 1.29 is 27.9 Å². The van der Waals surface area contributed by atoms with Gasteiger partial charge in [-0.05, 0) is 86.4 Å². The summed E-state index contributed by atoms with van der Waals surface area (Å²) in [5, 5.41) is 9.62. The van der Waals surface area contributed by atoms with E-state index in [0.717, 1.165) is 32.1 Å². The molecule has 204 valence electrons. The molecule has 1 aliphatic carbocycles. The number of pyridine rings is 1. The van der Waals surface area contributed by atoms with Crippen LogP contribution in [0.15, 0.2) is 53.7 Å². The molecule has 1 heterocycles. The Morgan fingerprint density at radius 1 is 1.05 bits per heavy atom. The highest BCUT2D eigenvalue weighted by Gasteiger charge is 2.42. The van der Waals surface area contributed by atoms with E-state index in [2.05, 4.69) is 18.8 Å². The molecule has 0 radical (unpaired) electrons. The molecule has 37 heavy (non-hydrogen) atoms. The lowest BCUT2D eigenvalue weighted by Crippen LogP contribution is -2.53. The van der Waals surface area contributed by atoms with Gasteiger partial charge in [-0.2, -0.15) is 4.31 Å². The Morgan fingerprint density at radius 2 is 1.73 bits per heavy atom. The number of aromatic nitrogens is 1. The molecule has 0 unspecified atom stereocenters. The third-order valence-electron chi connectivity index (χ3n) is 6.70. The quantitative estimate of drug-likeness (QED) is 0.211. The standard InChI is InChI=1S/C27H39N3O6S/c1-3-5-19-36-24-10-12-25(13-11-24)37(33,34)30(20-21-14-16-28-17-15-21)26(27(31)29-32)22-6-8-23(9-7-22)35-18-4-2/h10-17,22-23,26,32H,3-9,18-20H2,1-2H3,(H,29,31)/t22?,23?,26-/m1/s1. The summed E-state index contributed by atoms with van der Waals surface area (Å²) in [6.07, 6.45) is 8.77. The lowest BCUT2D eigenvalue weighted by Gasteiger charge is -2.38. The topological polar surface area (TPSA) is 118 Å². The zero-order valence-corrected chi connectivity index (χ0v) is 22.5. The third kappa shape index (κ3) is 7.98. The molecule has 3 rings (SSSR count). The van der Waals surface area contributed by atoms with Crippen molar-refractivity contribution in [3.05, 3.63) is 54.4 Å². The van der Waals surface area contributed by atoms with Crippen molar-refractivity contribution in [3.8, 4) is 5.75 Å². The van der Waals surface area contributed by atoms with E-state index >= 15 is 0 Å². The summed E-state index contributed by atoms with van der Waals surface area (Å²) in [5.74, 6) is -0.430. The third-order valence-corrected chi connectivity index (χ3v) is 8.54. The van der Waals surface area contributed by atoms with Crippen molar-refractivity contribution in [1.29, 1.82) is 0 Å². The maximum Gasteiger partial charge on any atom is 0.262 e. The van der Waals surface area contributed by atoms with Gasteiger partial charge in [-0.3, -0.25) is 15.0 Å². The van der Waals surface area contributed by atoms with Gasteiger partial charge in [0.15, 0.2) is 0 Å². The minimum Gasteiger partial charge on any atom is -0.494 e. The van der Waals surface area contributed by atoms with Gasteiger partial charge < -0.3 is 9.47 Å². The zero-order chi connectivity index (χ0) is 26.7. The Kier molecular flexibility index (Phi) is 11.3. The van der Waals surface area contributed by atoms with Gasteiger partial charge in [-0.25, -0.2) is 13.9 Å². The van der Waals surface area contributed by atoms with Crippen LogP contribution in [0, 0.1) is 5.92 Å². The van der Waals surface area contributed by atoms with Crippen molar-refractivity contribution in [2.45, 2.75) is 82.4 Å². The lowest BCUT2D eigenvalue weighted by molar-refractivity contribution is -0.136. The van der Waals surface area contributed by atoms with Crippen molar-refractivity contribution in [2.24, 2.45) is 5.92 Å². The summed E-state index contributed by atoms with van der Waals surface area (Å²) >= 11 is 0. The smallest absolute Gasteiger partial charge is 0.262 e. The second-order valence-corrected chi connectivity index (χ2v) is 11.3. The van der Waals surface area contributed by atoms with Gasteiger partial charge in [-0.15, -0.1) is 0 Å². The molecule has 0 saturated heterocycles. The SMILES string of the molecule is CCCCOc1ccc(S(=O)(=O)N(Cc2ccncc2)[C@@H](C(=O)NO)C2CCC(OCCC)CC2)cc1. The molecule has 1 atom stereocenters. The number of ether oxygens (including phenoxy) is 2. The molecule has 1 fully saturated rings. The van der Waals surface area contributed by atoms with E-state index < -0.39 is 22.0 Å². The monoisotopic (exact) mass is 533 g/mol. The van der Waals surface area contributed by atoms with Crippen molar-refractivity contribution in [2.75, 3.05) is 13.2 Å². The van der Waals surface area contributed by atoms with E-state index in [0.29, 0.717) is 37.4 Å². The van der Waals surface area contributed by atoms with Crippen LogP contribution in [0.4, 0.5) is 0 Å². The molecular weight excluding hydrogens is 494 g/mol. The van der Waals surface area contributed by atoms with E-state index in [9.17, 15) is 18.4 Å². The average Bonchev–Trinajstić information content (AvgIpc) is 2.93. The molecule has 0 spiro atoms. The van der Waals surface area contributed by atoms with E-state index in [1.165, 1.54) is 16.4 Å². The molecule has 1 aromatic carbocycles. The minimum absolute atomic E-state index is 0.0377. The maximum atomic E-state index is 14.0. The summed E-state index contributed by atoms with van der Waals surface area (Å²) in [7, 11) is -4.12. The van der Waals surface area contributed by atoms with Crippen LogP contribution in [-0.2, 0) is 26.1 Å². The molecule has 2 N–H and O–H groups in total. The number of amides is 1. The van der Waals surface area contributed by atoms with Crippen LogP contribution in [0.3, 0.4) is 0 Å². The van der Waals surface area contributed by atoms with E-state index in [1.807, 2.05) is 0 Å². The number of carbonyl (C=O) groups excluding carboxylic acids is 1. The Balaban J connectivity index is 1.92. The van der Waals surface area contributed by atoms with Crippen molar-refractivity contribution in [3.63, 3.8) is 0 Å². The first kappa shape index (κ1) is 29.0. The number of carbonyl (C=O) groups is 1. The van der Waals surface area contributed by atoms with Gasteiger partial charge in [-0.1, -0.05) is 20.3 Å². The minimum atomic E-state index is -4.12. The molecule has 1 saturated carbocycles. The van der Waals surface area contributed by atoms with E-state index in [1.54, 1.807) is 42.1 Å². The number of nitrogens with one attached hydrogen (secondary N) is 1. The van der Waals surface area contributed by atoms with Crippen LogP contribution in [-0.4, -0.2) is 54.2 Å². The van der Waals surface area contributed by atoms with Gasteiger partial charge in [0.1, 0.15) is 11.8 Å². The molecule has 1 aliphatic rings. The van der Waals surface area contributed by atoms with Gasteiger partial charge in [0.05, 0.1) is 17.6 Å². The van der Waals surface area contributed by atoms with Crippen molar-refractivity contribution in [1.82, 2.24) is 14.8 Å². The summed E-state index contributed by atoms with van der Waals surface area (Å²) in [5.41, 5.74) is 2.42. The molecule has 2 aromatic rings. The van der Waals surface area contributed by atoms with Crippen LogP contribution in [0.25, 0.3) is 0 Å². The molecule has 9 nitrogen and oxygen atoms in total. The van der Waals surface area contributed by atoms with Crippen molar-refractivity contribution >= 4 is 15.9 Å². The predicted octanol–water partition coefficient (Wildman–Crippen LogP) is 4.31. The van der Waals surface area contributed by atoms with E-state index in [-0.39, 0.29) is 23.5 Å². The number of hydroxylamine groups is 1. The second-order valence-electron chi connectivity index (χ2n) is 9.41. The second kappa shape index (κ2) is 14.4. The number of rotatable bonds is 14. The number of sulfonamides is 1. The largest absolute Gasteiger partial charge is 0.494 e. The van der Waals surface area contributed by atoms with Gasteiger partial charge in [0, 0.05) is 25.5 Å². The molecule has 10 heteroatoms. The number of hydrogen-bond acceptors (Lipinski definition) is 7. The number of unbranched alkanes of at least 4 members (excludes halogenated alkanes) is 1. The molecule has 0 bridgehead atoms. The first-order chi connectivity index (χ1) is 17.9. The fraction of sp³-hybridized carbons (Fsp3) is 0.556. The van der Waals surface area contributed by atoms with Gasteiger partial charge in [0.2, 0.25) is 10.0 Å². The number of benzene rings is 1. The molecule has 1 amide bonds. The first-order valence-corrected chi connectivity index (χ1v) is 14.5. The van der Waals surface area contributed by atoms with Gasteiger partial charge >= 0.3 is 0 Å². The Morgan fingerprint density at radius 3 is 2.32 bits per heavy atom. The van der Waals surface area contributed by atoms with E-state index in [4.69, 9.17) is 9.47 Å². The fourth-order valence-electron chi connectivity index (χ4n) is 4.68. The highest BCUT2D eigenvalue weighted by molar-refractivity contribution is 7.89. The molecule has 0 aliphatic heterocycles. The molecule has 1 aromatic heterocycles. The fourth-order valence-corrected chi connectivity index (χ4v) is 6.32. The van der Waals surface area contributed by atoms with Crippen LogP contribution >= 0.6 is 0 Å². The average molecular weight is 534 g/mol. The van der Waals surface area contributed by atoms with Crippen LogP contribution in [0.2, 0.25) is 0 Å². The first-order valence-electron chi connectivity index (χ1n) is 13.1. The highest BCUT2D eigenvalue weighted by Crippen LogP contribution is 2.34. The Labute approximate surface area is 220 Å². The number of hydrogen-bond donors (Lipinski definition) is 2. The maximum absolute atomic E-state index is 14.0. The summed E-state index contributed by atoms with van der Waals surface area (Å²) in [4.78, 5) is 17.1. The zero-order valence-electron chi connectivity index (χ0n) is 21.7. The summed E-state index contributed by atoms with van der Waals surface area (Å²) < 4.78 is 40.8. The van der Waals surface area contributed by atoms with Crippen LogP contribution in [0.5, 0.6) is 5.75 Å². The highest BCUT2D eigenvalue weighted by atomic mass is 32.2. The van der Waals surface area contributed by atoms with Crippen LogP contribution in [0.1, 0.15) is 64.4 Å². The predicted molar refractivity (Wildman–Crippen MR) is 140 cm³/mol.